The van der Waals surface area contributed by atoms with E-state index in [1.807, 2.05) is 0 Å². The minimum atomic E-state index is 0.667. The van der Waals surface area contributed by atoms with Gasteiger partial charge in [-0.05, 0) is 186 Å². The molecule has 16 heteroatoms. The lowest BCUT2D eigenvalue weighted by Crippen LogP contribution is -2.00. The van der Waals surface area contributed by atoms with Gasteiger partial charge in [-0.1, -0.05) is 0 Å². The molecule has 10 aromatic heterocycles. The number of aryl methyl sites for hydroxylation is 4. The summed E-state index contributed by atoms with van der Waals surface area (Å²) in [6, 6.07) is 26.4. The first-order chi connectivity index (χ1) is 27.9. The fraction of sp³-hybridized carbons (Fsp3) is 0.0952. The van der Waals surface area contributed by atoms with Gasteiger partial charge in [0.15, 0.2) is 11.6 Å². The molecular weight excluding hydrogens is 1140 g/mol. The van der Waals surface area contributed by atoms with Crippen molar-refractivity contribution in [2.45, 2.75) is 27.7 Å². The third-order valence-corrected chi connectivity index (χ3v) is 23.0. The number of hydrogen-bond acceptors (Lipinski definition) is 12. The molecule has 0 saturated carbocycles. The Bertz CT molecular complexity index is 2910. The maximum absolute atomic E-state index is 5.41. The van der Waals surface area contributed by atoms with E-state index < -0.39 is 0 Å². The van der Waals surface area contributed by atoms with Gasteiger partial charge in [-0.25, -0.2) is 19.9 Å². The quantitative estimate of drug-likeness (QED) is 0.152. The highest BCUT2D eigenvalue weighted by atomic mass is 79.9. The molecule has 0 radical (unpaired) electrons. The minimum absolute atomic E-state index is 0.667. The Morgan fingerprint density at radius 2 is 0.569 bits per heavy atom. The highest BCUT2D eigenvalue weighted by molar-refractivity contribution is 9.11. The van der Waals surface area contributed by atoms with Crippen LogP contribution in [-0.2, 0) is 0 Å². The summed E-state index contributed by atoms with van der Waals surface area (Å²) in [6.45, 7) is 8.53. The van der Waals surface area contributed by atoms with Gasteiger partial charge in [0.2, 0.25) is 0 Å². The lowest BCUT2D eigenvalue weighted by Gasteiger charge is -2.11. The van der Waals surface area contributed by atoms with Crippen molar-refractivity contribution in [3.8, 4) is 81.6 Å². The summed E-state index contributed by atoms with van der Waals surface area (Å²) in [5.41, 5.74) is 8.02. The Kier molecular flexibility index (Phi) is 11.0. The van der Waals surface area contributed by atoms with E-state index in [0.717, 1.165) is 57.1 Å². The molecule has 4 nitrogen and oxygen atoms in total. The molecule has 0 atom stereocenters. The molecule has 0 spiro atoms. The van der Waals surface area contributed by atoms with Crippen LogP contribution in [0.4, 0.5) is 0 Å². The molecular formula is C42H24Br4N4S8. The summed E-state index contributed by atoms with van der Waals surface area (Å²) >= 11 is 28.8. The molecule has 288 valence electrons. The van der Waals surface area contributed by atoms with E-state index >= 15 is 0 Å². The molecule has 0 amide bonds. The van der Waals surface area contributed by atoms with E-state index in [9.17, 15) is 0 Å². The van der Waals surface area contributed by atoms with Crippen LogP contribution in [0.15, 0.2) is 87.9 Å². The van der Waals surface area contributed by atoms with Gasteiger partial charge in [0.05, 0.1) is 34.7 Å². The van der Waals surface area contributed by atoms with Crippen molar-refractivity contribution in [1.29, 1.82) is 0 Å². The summed E-state index contributed by atoms with van der Waals surface area (Å²) in [6.07, 6.45) is 0. The number of halogens is 4. The van der Waals surface area contributed by atoms with Gasteiger partial charge < -0.3 is 0 Å². The average molecular weight is 1160 g/mol. The van der Waals surface area contributed by atoms with Crippen LogP contribution >= 0.6 is 154 Å². The SMILES string of the molecule is Cc1cc(-c2ccc(-c3nc(-c4ccc(-c5cc(C)c(Br)s5)s4)c4nc(-c5ccc(-c6cc(C)c(Br)s6)s5)nc(-c5ccc(-c6cc(C)c(Br)s6)s5)c4n3)s2)sc1Br. The second-order valence-corrected chi connectivity index (χ2v) is 27.2. The molecule has 0 aliphatic rings. The topological polar surface area (TPSA) is 51.6 Å². The maximum Gasteiger partial charge on any atom is 0.170 e. The van der Waals surface area contributed by atoms with Crippen molar-refractivity contribution >= 4 is 165 Å². The number of rotatable bonds is 8. The Morgan fingerprint density at radius 1 is 0.310 bits per heavy atom. The fourth-order valence-corrected chi connectivity index (χ4v) is 16.6. The average Bonchev–Trinajstić information content (AvgIpc) is 4.05. The second-order valence-electron chi connectivity index (χ2n) is 13.4. The van der Waals surface area contributed by atoms with Crippen LogP contribution in [0, 0.1) is 27.7 Å². The summed E-state index contributed by atoms with van der Waals surface area (Å²) in [7, 11) is 0. The molecule has 0 N–H and O–H groups in total. The zero-order chi connectivity index (χ0) is 40.0. The predicted octanol–water partition coefficient (Wildman–Crippen LogP) is 18.5. The number of hydrogen-bond donors (Lipinski definition) is 0. The zero-order valence-electron chi connectivity index (χ0n) is 30.5. The van der Waals surface area contributed by atoms with E-state index in [4.69, 9.17) is 19.9 Å². The van der Waals surface area contributed by atoms with E-state index in [1.54, 1.807) is 90.7 Å². The number of aromatic nitrogens is 4. The van der Waals surface area contributed by atoms with Crippen LogP contribution in [0.5, 0.6) is 0 Å². The van der Waals surface area contributed by atoms with Crippen LogP contribution in [0.25, 0.3) is 92.6 Å². The molecule has 0 bridgehead atoms. The molecule has 0 aromatic carbocycles. The fourth-order valence-electron chi connectivity index (χ4n) is 6.28. The second kappa shape index (κ2) is 16.0. The largest absolute Gasteiger partial charge is 0.224 e. The molecule has 0 saturated heterocycles. The van der Waals surface area contributed by atoms with Crippen molar-refractivity contribution in [2.75, 3.05) is 0 Å². The first kappa shape index (κ1) is 40.0. The number of nitrogens with zero attached hydrogens (tertiary/aromatic N) is 4. The summed E-state index contributed by atoms with van der Waals surface area (Å²) in [5.74, 6) is 1.33. The molecule has 0 aliphatic heterocycles. The molecule has 0 aliphatic carbocycles. The third kappa shape index (κ3) is 7.50. The summed E-state index contributed by atoms with van der Waals surface area (Å²) < 4.78 is 4.60. The monoisotopic (exact) mass is 1160 g/mol. The minimum Gasteiger partial charge on any atom is -0.224 e. The Morgan fingerprint density at radius 3 is 0.845 bits per heavy atom. The predicted molar refractivity (Wildman–Crippen MR) is 271 cm³/mol. The Balaban J connectivity index is 1.20. The van der Waals surface area contributed by atoms with Crippen LogP contribution in [-0.4, -0.2) is 19.9 Å². The van der Waals surface area contributed by atoms with Gasteiger partial charge in [-0.2, -0.15) is 0 Å². The van der Waals surface area contributed by atoms with Gasteiger partial charge >= 0.3 is 0 Å². The van der Waals surface area contributed by atoms with E-state index in [2.05, 4.69) is 164 Å². The lowest BCUT2D eigenvalue weighted by atomic mass is 10.2. The Labute approximate surface area is 400 Å². The molecule has 58 heavy (non-hydrogen) atoms. The van der Waals surface area contributed by atoms with Crippen molar-refractivity contribution in [3.63, 3.8) is 0 Å². The van der Waals surface area contributed by atoms with Gasteiger partial charge in [0.1, 0.15) is 22.4 Å². The van der Waals surface area contributed by atoms with Crippen LogP contribution in [0.3, 0.4) is 0 Å². The molecule has 10 aromatic rings. The summed E-state index contributed by atoms with van der Waals surface area (Å²) in [5, 5.41) is 0. The van der Waals surface area contributed by atoms with Crippen LogP contribution in [0.2, 0.25) is 0 Å². The maximum atomic E-state index is 5.41. The van der Waals surface area contributed by atoms with Crippen molar-refractivity contribution in [3.05, 3.63) is 110 Å². The number of thiophene rings is 8. The van der Waals surface area contributed by atoms with Gasteiger partial charge in [0, 0.05) is 39.0 Å². The molecule has 0 fully saturated rings. The van der Waals surface area contributed by atoms with Crippen molar-refractivity contribution < 1.29 is 0 Å². The van der Waals surface area contributed by atoms with Crippen LogP contribution in [0.1, 0.15) is 22.3 Å². The van der Waals surface area contributed by atoms with E-state index in [1.165, 1.54) is 61.3 Å². The van der Waals surface area contributed by atoms with Crippen molar-refractivity contribution in [2.24, 2.45) is 0 Å². The highest BCUT2D eigenvalue weighted by Gasteiger charge is 2.24. The smallest absolute Gasteiger partial charge is 0.170 e. The molecule has 0 unspecified atom stereocenters. The normalized spacial score (nSPS) is 11.8. The van der Waals surface area contributed by atoms with Crippen molar-refractivity contribution in [1.82, 2.24) is 19.9 Å². The van der Waals surface area contributed by atoms with Crippen LogP contribution < -0.4 is 0 Å². The van der Waals surface area contributed by atoms with E-state index in [0.29, 0.717) is 11.6 Å². The highest BCUT2D eigenvalue weighted by Crippen LogP contribution is 2.47. The zero-order valence-corrected chi connectivity index (χ0v) is 43.4. The molecule has 10 heterocycles. The Hall–Kier alpha value is -2.06. The van der Waals surface area contributed by atoms with E-state index in [-0.39, 0.29) is 0 Å². The summed E-state index contributed by atoms with van der Waals surface area (Å²) in [4.78, 5) is 35.3. The first-order valence-corrected chi connectivity index (χ1v) is 27.2. The van der Waals surface area contributed by atoms with Gasteiger partial charge in [0.25, 0.3) is 0 Å². The number of fused-ring (bicyclic) bond motifs is 1. The lowest BCUT2D eigenvalue weighted by molar-refractivity contribution is 1.18. The van der Waals surface area contributed by atoms with Gasteiger partial charge in [-0.3, -0.25) is 0 Å². The molecule has 10 rings (SSSR count). The van der Waals surface area contributed by atoms with Gasteiger partial charge in [-0.15, -0.1) is 90.7 Å². The standard InChI is InChI=1S/C42H24Br4N4S8/c1-17-13-29(55-37(17)43)21-5-9-25(51-21)33-35-36(50-41(47-33)27-11-7-23(53-27)31-15-19(3)39(45)57-31)34(26-10-6-22(52-26)30-14-18(2)38(44)56-30)48-42(49-35)28-12-8-24(54-28)32-16-20(4)40(46)58-32/h5-16H,1-4H3. The third-order valence-electron chi connectivity index (χ3n) is 9.28. The first-order valence-electron chi connectivity index (χ1n) is 17.5.